The van der Waals surface area contributed by atoms with Gasteiger partial charge in [0.25, 0.3) is 0 Å². The van der Waals surface area contributed by atoms with Crippen LogP contribution in [0.15, 0.2) is 18.2 Å². The number of aromatic carboxylic acids is 1. The van der Waals surface area contributed by atoms with Crippen molar-refractivity contribution in [3.8, 4) is 11.8 Å². The van der Waals surface area contributed by atoms with Gasteiger partial charge in [-0.25, -0.2) is 4.79 Å². The smallest absolute Gasteiger partial charge is 0.339 e. The lowest BCUT2D eigenvalue weighted by Crippen LogP contribution is -2.08. The molecule has 0 aromatic heterocycles. The van der Waals surface area contributed by atoms with Gasteiger partial charge in [-0.3, -0.25) is 0 Å². The first kappa shape index (κ1) is 12.1. The number of benzene rings is 1. The van der Waals surface area contributed by atoms with Crippen LogP contribution in [0.1, 0.15) is 29.8 Å². The minimum atomic E-state index is -1.09. The Balaban J connectivity index is 3.00. The van der Waals surface area contributed by atoms with Gasteiger partial charge in [-0.1, -0.05) is 13.8 Å². The number of carbonyl (C=O) groups is 1. The van der Waals surface area contributed by atoms with Crippen LogP contribution in [-0.4, -0.2) is 17.7 Å². The van der Waals surface area contributed by atoms with E-state index in [-0.39, 0.29) is 5.56 Å². The number of rotatable bonds is 4. The summed E-state index contributed by atoms with van der Waals surface area (Å²) in [5.74, 6) is -0.464. The third-order valence-electron chi connectivity index (χ3n) is 1.91. The zero-order valence-corrected chi connectivity index (χ0v) is 9.23. The fraction of sp³-hybridized carbons (Fsp3) is 0.333. The van der Waals surface area contributed by atoms with Crippen molar-refractivity contribution >= 4 is 5.97 Å². The molecule has 84 valence electrons. The Morgan fingerprint density at radius 1 is 1.56 bits per heavy atom. The summed E-state index contributed by atoms with van der Waals surface area (Å²) in [7, 11) is 0. The summed E-state index contributed by atoms with van der Waals surface area (Å²) in [4.78, 5) is 10.9. The molecule has 0 aliphatic carbocycles. The summed E-state index contributed by atoms with van der Waals surface area (Å²) in [6, 6.07) is 6.27. The minimum Gasteiger partial charge on any atom is -0.492 e. The second-order valence-electron chi connectivity index (χ2n) is 3.83. The van der Waals surface area contributed by atoms with Crippen LogP contribution in [-0.2, 0) is 0 Å². The van der Waals surface area contributed by atoms with Crippen LogP contribution in [0, 0.1) is 17.2 Å². The van der Waals surface area contributed by atoms with Crippen molar-refractivity contribution in [2.75, 3.05) is 6.61 Å². The second-order valence-corrected chi connectivity index (χ2v) is 3.83. The van der Waals surface area contributed by atoms with Crippen LogP contribution >= 0.6 is 0 Å². The van der Waals surface area contributed by atoms with Crippen LogP contribution in [0.4, 0.5) is 0 Å². The van der Waals surface area contributed by atoms with E-state index in [2.05, 4.69) is 0 Å². The third kappa shape index (κ3) is 2.99. The first-order valence-corrected chi connectivity index (χ1v) is 4.95. The molecule has 1 aromatic rings. The van der Waals surface area contributed by atoms with E-state index < -0.39 is 5.97 Å². The molecule has 4 nitrogen and oxygen atoms in total. The van der Waals surface area contributed by atoms with Gasteiger partial charge in [-0.05, 0) is 24.1 Å². The number of carboxylic acids is 1. The van der Waals surface area contributed by atoms with Crippen molar-refractivity contribution in [3.05, 3.63) is 29.3 Å². The Hall–Kier alpha value is -2.02. The van der Waals surface area contributed by atoms with Gasteiger partial charge < -0.3 is 9.84 Å². The lowest BCUT2D eigenvalue weighted by atomic mass is 10.1. The average Bonchev–Trinajstić information content (AvgIpc) is 2.25. The molecule has 1 rings (SSSR count). The first-order valence-electron chi connectivity index (χ1n) is 4.95. The van der Waals surface area contributed by atoms with Crippen molar-refractivity contribution in [1.82, 2.24) is 0 Å². The minimum absolute atomic E-state index is 0.0275. The Morgan fingerprint density at radius 2 is 2.25 bits per heavy atom. The Kier molecular flexibility index (Phi) is 3.90. The molecule has 0 aliphatic rings. The van der Waals surface area contributed by atoms with Crippen molar-refractivity contribution in [3.63, 3.8) is 0 Å². The lowest BCUT2D eigenvalue weighted by molar-refractivity contribution is 0.0691. The first-order chi connectivity index (χ1) is 7.54. The monoisotopic (exact) mass is 219 g/mol. The maximum Gasteiger partial charge on any atom is 0.339 e. The van der Waals surface area contributed by atoms with E-state index in [1.165, 1.54) is 12.1 Å². The fourth-order valence-electron chi connectivity index (χ4n) is 1.15. The topological polar surface area (TPSA) is 70.3 Å². The molecular formula is C12H13NO3. The van der Waals surface area contributed by atoms with Gasteiger partial charge in [0.2, 0.25) is 0 Å². The Bertz CT molecular complexity index is 432. The molecule has 0 saturated carbocycles. The SMILES string of the molecule is CC(C)COc1ccc(C#N)cc1C(=O)O. The number of hydrogen-bond acceptors (Lipinski definition) is 3. The molecular weight excluding hydrogens is 206 g/mol. The highest BCUT2D eigenvalue weighted by atomic mass is 16.5. The highest BCUT2D eigenvalue weighted by molar-refractivity contribution is 5.91. The predicted molar refractivity (Wildman–Crippen MR) is 58.4 cm³/mol. The summed E-state index contributed by atoms with van der Waals surface area (Å²) in [6.45, 7) is 4.40. The van der Waals surface area contributed by atoms with E-state index in [1.807, 2.05) is 19.9 Å². The number of nitrogens with zero attached hydrogens (tertiary/aromatic N) is 1. The van der Waals surface area contributed by atoms with Crippen LogP contribution < -0.4 is 4.74 Å². The molecule has 0 radical (unpaired) electrons. The zero-order valence-electron chi connectivity index (χ0n) is 9.23. The summed E-state index contributed by atoms with van der Waals surface area (Å²) in [6.07, 6.45) is 0. The molecule has 0 atom stereocenters. The van der Waals surface area contributed by atoms with Crippen LogP contribution in [0.25, 0.3) is 0 Å². The van der Waals surface area contributed by atoms with Crippen LogP contribution in [0.5, 0.6) is 5.75 Å². The van der Waals surface area contributed by atoms with Gasteiger partial charge in [-0.15, -0.1) is 0 Å². The summed E-state index contributed by atoms with van der Waals surface area (Å²) in [5.41, 5.74) is 0.342. The van der Waals surface area contributed by atoms with Gasteiger partial charge in [0.15, 0.2) is 0 Å². The van der Waals surface area contributed by atoms with E-state index >= 15 is 0 Å². The van der Waals surface area contributed by atoms with E-state index in [0.717, 1.165) is 0 Å². The van der Waals surface area contributed by atoms with Crippen molar-refractivity contribution in [2.45, 2.75) is 13.8 Å². The maximum atomic E-state index is 10.9. The summed E-state index contributed by atoms with van der Waals surface area (Å²) >= 11 is 0. The van der Waals surface area contributed by atoms with Crippen LogP contribution in [0.2, 0.25) is 0 Å². The molecule has 16 heavy (non-hydrogen) atoms. The van der Waals surface area contributed by atoms with Crippen LogP contribution in [0.3, 0.4) is 0 Å². The third-order valence-corrected chi connectivity index (χ3v) is 1.91. The molecule has 1 aromatic carbocycles. The predicted octanol–water partition coefficient (Wildman–Crippen LogP) is 2.29. The van der Waals surface area contributed by atoms with E-state index in [1.54, 1.807) is 6.07 Å². The van der Waals surface area contributed by atoms with Gasteiger partial charge in [-0.2, -0.15) is 5.26 Å². The highest BCUT2D eigenvalue weighted by Crippen LogP contribution is 2.20. The Morgan fingerprint density at radius 3 is 2.75 bits per heavy atom. The van der Waals surface area contributed by atoms with Gasteiger partial charge in [0, 0.05) is 0 Å². The number of nitriles is 1. The van der Waals surface area contributed by atoms with Crippen molar-refractivity contribution in [1.29, 1.82) is 5.26 Å². The Labute approximate surface area is 94.1 Å². The molecule has 0 amide bonds. The molecule has 4 heteroatoms. The average molecular weight is 219 g/mol. The van der Waals surface area contributed by atoms with Crippen molar-refractivity contribution < 1.29 is 14.6 Å². The summed E-state index contributed by atoms with van der Waals surface area (Å²) in [5, 5.41) is 17.6. The summed E-state index contributed by atoms with van der Waals surface area (Å²) < 4.78 is 5.37. The molecule has 0 aliphatic heterocycles. The lowest BCUT2D eigenvalue weighted by Gasteiger charge is -2.11. The molecule has 0 heterocycles. The van der Waals surface area contributed by atoms with E-state index in [0.29, 0.717) is 23.8 Å². The molecule has 0 spiro atoms. The highest BCUT2D eigenvalue weighted by Gasteiger charge is 2.12. The normalized spacial score (nSPS) is 9.88. The maximum absolute atomic E-state index is 10.9. The molecule has 0 bridgehead atoms. The second kappa shape index (κ2) is 5.17. The van der Waals surface area contributed by atoms with Gasteiger partial charge >= 0.3 is 5.97 Å². The molecule has 0 fully saturated rings. The number of carboxylic acid groups (broad SMARTS) is 1. The number of hydrogen-bond donors (Lipinski definition) is 1. The molecule has 0 unspecified atom stereocenters. The molecule has 1 N–H and O–H groups in total. The molecule has 0 saturated heterocycles. The fourth-order valence-corrected chi connectivity index (χ4v) is 1.15. The zero-order chi connectivity index (χ0) is 12.1. The number of ether oxygens (including phenoxy) is 1. The largest absolute Gasteiger partial charge is 0.492 e. The standard InChI is InChI=1S/C12H13NO3/c1-8(2)7-16-11-4-3-9(6-13)5-10(11)12(14)15/h3-5,8H,7H2,1-2H3,(H,14,15). The van der Waals surface area contributed by atoms with Gasteiger partial charge in [0.05, 0.1) is 18.2 Å². The quantitative estimate of drug-likeness (QED) is 0.843. The van der Waals surface area contributed by atoms with E-state index in [4.69, 9.17) is 15.1 Å². The van der Waals surface area contributed by atoms with E-state index in [9.17, 15) is 4.79 Å². The van der Waals surface area contributed by atoms with Gasteiger partial charge in [0.1, 0.15) is 11.3 Å². The van der Waals surface area contributed by atoms with Crippen molar-refractivity contribution in [2.24, 2.45) is 5.92 Å².